The van der Waals surface area contributed by atoms with Crippen molar-refractivity contribution in [3.63, 3.8) is 0 Å². The molecule has 1 unspecified atom stereocenters. The van der Waals surface area contributed by atoms with E-state index in [-0.39, 0.29) is 0 Å². The Bertz CT molecular complexity index is 1160. The highest BCUT2D eigenvalue weighted by atomic mass is 19.4. The summed E-state index contributed by atoms with van der Waals surface area (Å²) in [5, 5.41) is 0. The van der Waals surface area contributed by atoms with E-state index in [4.69, 9.17) is 0 Å². The van der Waals surface area contributed by atoms with Crippen LogP contribution in [0.15, 0.2) is 0 Å². The number of fused-ring (bicyclic) bond motifs is 1. The van der Waals surface area contributed by atoms with Gasteiger partial charge in [0.15, 0.2) is 46.5 Å². The molecule has 0 saturated heterocycles. The van der Waals surface area contributed by atoms with Crippen LogP contribution in [0.5, 0.6) is 0 Å². The number of benzene rings is 2. The van der Waals surface area contributed by atoms with E-state index < -0.39 is 92.5 Å². The Kier molecular flexibility index (Phi) is 4.82. The lowest BCUT2D eigenvalue weighted by Gasteiger charge is -2.46. The van der Waals surface area contributed by atoms with Gasteiger partial charge < -0.3 is 0 Å². The predicted octanol–water partition coefficient (Wildman–Crippen LogP) is 6.77. The van der Waals surface area contributed by atoms with Crippen molar-refractivity contribution in [1.82, 2.24) is 0 Å². The molecule has 3 rings (SSSR count). The molecule has 1 aliphatic carbocycles. The van der Waals surface area contributed by atoms with Crippen molar-refractivity contribution in [3.05, 3.63) is 68.8 Å². The fourth-order valence-electron chi connectivity index (χ4n) is 3.19. The minimum Gasteiger partial charge on any atom is -0.226 e. The molecule has 2 aromatic rings. The summed E-state index contributed by atoms with van der Waals surface area (Å²) >= 11 is 0. The van der Waals surface area contributed by atoms with Crippen molar-refractivity contribution >= 4 is 0 Å². The Balaban J connectivity index is 2.60. The zero-order valence-corrected chi connectivity index (χ0v) is 14.0. The van der Waals surface area contributed by atoms with Gasteiger partial charge in [-0.05, 0) is 0 Å². The molecule has 0 saturated carbocycles. The highest BCUT2D eigenvalue weighted by Gasteiger charge is 2.76. The van der Waals surface area contributed by atoms with Crippen LogP contribution in [-0.2, 0) is 17.5 Å². The van der Waals surface area contributed by atoms with Gasteiger partial charge >= 0.3 is 18.0 Å². The number of alkyl halides is 8. The van der Waals surface area contributed by atoms with Crippen molar-refractivity contribution in [1.29, 1.82) is 0 Å². The minimum atomic E-state index is -7.09. The molecule has 176 valence electrons. The van der Waals surface area contributed by atoms with Crippen molar-refractivity contribution in [2.75, 3.05) is 0 Å². The molecule has 0 nitrogen and oxygen atoms in total. The number of hydrogen-bond donors (Lipinski definition) is 0. The average molecular weight is 496 g/mol. The molecule has 1 atom stereocenters. The summed E-state index contributed by atoms with van der Waals surface area (Å²) < 4.78 is 219. The third-order valence-corrected chi connectivity index (χ3v) is 4.64. The van der Waals surface area contributed by atoms with Gasteiger partial charge in [0.05, 0.1) is 22.3 Å². The van der Waals surface area contributed by atoms with Crippen LogP contribution >= 0.6 is 0 Å². The molecule has 0 fully saturated rings. The first-order valence-electron chi connectivity index (χ1n) is 7.52. The van der Waals surface area contributed by atoms with Gasteiger partial charge in [0, 0.05) is 0 Å². The van der Waals surface area contributed by atoms with Crippen LogP contribution in [-0.4, -0.2) is 6.18 Å². The SMILES string of the molecule is Fc1c(F)c(F)c(C2(F)c3c(F)c(F)c(F)c(F)c3C2(F)F)c(C(F)(F)C(F)(F)F)c1F. The first-order valence-corrected chi connectivity index (χ1v) is 7.52. The van der Waals surface area contributed by atoms with E-state index in [0.717, 1.165) is 0 Å². The van der Waals surface area contributed by atoms with E-state index in [1.54, 1.807) is 0 Å². The fourth-order valence-corrected chi connectivity index (χ4v) is 3.19. The topological polar surface area (TPSA) is 0 Å². The summed E-state index contributed by atoms with van der Waals surface area (Å²) in [6, 6.07) is 0. The number of halogens is 16. The van der Waals surface area contributed by atoms with Crippen molar-refractivity contribution < 1.29 is 70.2 Å². The molecule has 0 aliphatic heterocycles. The lowest BCUT2D eigenvalue weighted by Crippen LogP contribution is -2.55. The summed E-state index contributed by atoms with van der Waals surface area (Å²) in [6.45, 7) is 0. The van der Waals surface area contributed by atoms with Gasteiger partial charge in [-0.1, -0.05) is 0 Å². The van der Waals surface area contributed by atoms with E-state index in [0.29, 0.717) is 0 Å². The Hall–Kier alpha value is -2.68. The highest BCUT2D eigenvalue weighted by molar-refractivity contribution is 5.60. The molecule has 16 heteroatoms. The van der Waals surface area contributed by atoms with Crippen LogP contribution in [0.4, 0.5) is 70.2 Å². The minimum absolute atomic E-state index is 2.80. The summed E-state index contributed by atoms with van der Waals surface area (Å²) in [4.78, 5) is 0. The third-order valence-electron chi connectivity index (χ3n) is 4.64. The second-order valence-corrected chi connectivity index (χ2v) is 6.32. The normalized spacial score (nSPS) is 20.2. The summed E-state index contributed by atoms with van der Waals surface area (Å²) in [5.74, 6) is -39.5. The fraction of sp³-hybridized carbons (Fsp3) is 0.250. The molecule has 32 heavy (non-hydrogen) atoms. The van der Waals surface area contributed by atoms with Gasteiger partial charge in [0.2, 0.25) is 5.67 Å². The Morgan fingerprint density at radius 3 is 1.19 bits per heavy atom. The molecule has 1 aliphatic rings. The Morgan fingerprint density at radius 1 is 0.438 bits per heavy atom. The summed E-state index contributed by atoms with van der Waals surface area (Å²) in [5.41, 5.74) is -19.1. The van der Waals surface area contributed by atoms with Crippen LogP contribution in [0.3, 0.4) is 0 Å². The Morgan fingerprint density at radius 2 is 0.781 bits per heavy atom. The van der Waals surface area contributed by atoms with Crippen LogP contribution in [0.1, 0.15) is 22.3 Å². The molecule has 2 aromatic carbocycles. The molecule has 0 heterocycles. The molecule has 0 amide bonds. The molecule has 0 radical (unpaired) electrons. The summed E-state index contributed by atoms with van der Waals surface area (Å²) in [7, 11) is 0. The predicted molar refractivity (Wildman–Crippen MR) is 68.3 cm³/mol. The molecule has 0 bridgehead atoms. The zero-order valence-electron chi connectivity index (χ0n) is 14.0. The van der Waals surface area contributed by atoms with Gasteiger partial charge in [-0.15, -0.1) is 0 Å². The highest BCUT2D eigenvalue weighted by Crippen LogP contribution is 2.67. The van der Waals surface area contributed by atoms with Crippen LogP contribution in [0, 0.1) is 46.5 Å². The Labute approximate surface area is 164 Å². The van der Waals surface area contributed by atoms with Crippen molar-refractivity contribution in [2.45, 2.75) is 23.7 Å². The molecule has 0 N–H and O–H groups in total. The van der Waals surface area contributed by atoms with Crippen molar-refractivity contribution in [2.24, 2.45) is 0 Å². The average Bonchev–Trinajstić information content (AvgIpc) is 2.67. The van der Waals surface area contributed by atoms with Gasteiger partial charge in [-0.25, -0.2) is 39.5 Å². The van der Waals surface area contributed by atoms with E-state index >= 15 is 4.39 Å². The van der Waals surface area contributed by atoms with Crippen molar-refractivity contribution in [3.8, 4) is 0 Å². The molecule has 0 spiro atoms. The molecule has 0 aromatic heterocycles. The second-order valence-electron chi connectivity index (χ2n) is 6.32. The maximum atomic E-state index is 15.3. The maximum absolute atomic E-state index is 15.3. The van der Waals surface area contributed by atoms with Gasteiger partial charge in [0.25, 0.3) is 0 Å². The zero-order chi connectivity index (χ0) is 24.9. The summed E-state index contributed by atoms with van der Waals surface area (Å²) in [6.07, 6.45) is -7.09. The molecular weight excluding hydrogens is 496 g/mol. The monoisotopic (exact) mass is 496 g/mol. The quantitative estimate of drug-likeness (QED) is 0.245. The number of hydrogen-bond acceptors (Lipinski definition) is 0. The van der Waals surface area contributed by atoms with Gasteiger partial charge in [-0.3, -0.25) is 0 Å². The first-order chi connectivity index (χ1) is 14.3. The largest absolute Gasteiger partial charge is 0.458 e. The lowest BCUT2D eigenvalue weighted by molar-refractivity contribution is -0.292. The lowest BCUT2D eigenvalue weighted by atomic mass is 9.65. The third kappa shape index (κ3) is 2.48. The van der Waals surface area contributed by atoms with Gasteiger partial charge in [-0.2, -0.15) is 30.7 Å². The van der Waals surface area contributed by atoms with E-state index in [9.17, 15) is 65.9 Å². The standard InChI is InChI=1S/C16F16/c17-5-1-3(7(19)11(23)9(5)21)14(26,27)13(1,25)2-4(15(28,29)16(30,31)32)8(20)12(24)10(22)6(2)18. The second kappa shape index (κ2) is 6.43. The van der Waals surface area contributed by atoms with Crippen LogP contribution in [0.2, 0.25) is 0 Å². The van der Waals surface area contributed by atoms with E-state index in [2.05, 4.69) is 0 Å². The van der Waals surface area contributed by atoms with E-state index in [1.807, 2.05) is 0 Å². The maximum Gasteiger partial charge on any atom is 0.458 e. The smallest absolute Gasteiger partial charge is 0.226 e. The number of rotatable bonds is 2. The first kappa shape index (κ1) is 24.0. The van der Waals surface area contributed by atoms with Crippen LogP contribution < -0.4 is 0 Å². The van der Waals surface area contributed by atoms with Gasteiger partial charge in [0.1, 0.15) is 0 Å². The van der Waals surface area contributed by atoms with E-state index in [1.165, 1.54) is 0 Å². The van der Waals surface area contributed by atoms with Crippen LogP contribution in [0.25, 0.3) is 0 Å². The molecular formula is C16F16.